The van der Waals surface area contributed by atoms with E-state index in [1.54, 1.807) is 0 Å². The van der Waals surface area contributed by atoms with Gasteiger partial charge in [0, 0.05) is 24.4 Å². The number of fused-ring (bicyclic) bond motifs is 2. The molecule has 0 aliphatic carbocycles. The molecule has 0 radical (unpaired) electrons. The Hall–Kier alpha value is -0.370. The molecule has 2 bridgehead atoms. The number of Topliss-reactive ketones (excluding diaryl/α,β-unsaturated/α-hetero) is 1. The van der Waals surface area contributed by atoms with Crippen molar-refractivity contribution < 1.29 is 4.79 Å². The highest BCUT2D eigenvalue weighted by molar-refractivity contribution is 5.81. The van der Waals surface area contributed by atoms with Crippen molar-refractivity contribution >= 4 is 5.78 Å². The summed E-state index contributed by atoms with van der Waals surface area (Å²) in [6.07, 6.45) is 8.03. The molecular formula is C16H29NO. The van der Waals surface area contributed by atoms with Gasteiger partial charge in [-0.1, -0.05) is 27.2 Å². The van der Waals surface area contributed by atoms with Crippen molar-refractivity contribution in [3.05, 3.63) is 0 Å². The summed E-state index contributed by atoms with van der Waals surface area (Å²) in [4.78, 5) is 14.9. The van der Waals surface area contributed by atoms with E-state index < -0.39 is 0 Å². The summed E-state index contributed by atoms with van der Waals surface area (Å²) in [6.45, 7) is 6.68. The zero-order valence-electron chi connectivity index (χ0n) is 12.5. The Labute approximate surface area is 112 Å². The normalized spacial score (nSPS) is 33.4. The molecule has 0 aromatic heterocycles. The molecule has 0 N–H and O–H groups in total. The molecule has 0 aromatic carbocycles. The second kappa shape index (κ2) is 5.32. The Morgan fingerprint density at radius 3 is 2.22 bits per heavy atom. The fraction of sp³-hybridized carbons (Fsp3) is 0.938. The van der Waals surface area contributed by atoms with Crippen molar-refractivity contribution in [1.82, 2.24) is 4.90 Å². The first-order valence-corrected chi connectivity index (χ1v) is 7.61. The zero-order valence-corrected chi connectivity index (χ0v) is 12.5. The first kappa shape index (κ1) is 14.0. The van der Waals surface area contributed by atoms with Crippen molar-refractivity contribution in [3.63, 3.8) is 0 Å². The van der Waals surface area contributed by atoms with Gasteiger partial charge in [-0.2, -0.15) is 0 Å². The van der Waals surface area contributed by atoms with Crippen LogP contribution in [0.25, 0.3) is 0 Å². The molecule has 0 amide bonds. The van der Waals surface area contributed by atoms with E-state index in [0.29, 0.717) is 23.8 Å². The van der Waals surface area contributed by atoms with Gasteiger partial charge in [-0.05, 0) is 44.6 Å². The van der Waals surface area contributed by atoms with Crippen LogP contribution >= 0.6 is 0 Å². The van der Waals surface area contributed by atoms with Crippen LogP contribution < -0.4 is 0 Å². The average Bonchev–Trinajstić information content (AvgIpc) is 2.24. The van der Waals surface area contributed by atoms with Crippen molar-refractivity contribution in [2.75, 3.05) is 7.05 Å². The molecule has 2 atom stereocenters. The monoisotopic (exact) mass is 251 g/mol. The Morgan fingerprint density at radius 2 is 1.72 bits per heavy atom. The Balaban J connectivity index is 1.88. The molecule has 0 spiro atoms. The lowest BCUT2D eigenvalue weighted by atomic mass is 9.75. The topological polar surface area (TPSA) is 20.3 Å². The van der Waals surface area contributed by atoms with E-state index in [1.165, 1.54) is 19.3 Å². The third-order valence-corrected chi connectivity index (χ3v) is 4.92. The van der Waals surface area contributed by atoms with Gasteiger partial charge < -0.3 is 4.90 Å². The number of hydrogen-bond donors (Lipinski definition) is 0. The smallest absolute Gasteiger partial charge is 0.136 e. The largest absolute Gasteiger partial charge is 0.300 e. The number of carbonyl (C=O) groups excluding carboxylic acids is 1. The van der Waals surface area contributed by atoms with Crippen LogP contribution in [-0.2, 0) is 4.79 Å². The fourth-order valence-corrected chi connectivity index (χ4v) is 3.58. The van der Waals surface area contributed by atoms with Crippen molar-refractivity contribution in [1.29, 1.82) is 0 Å². The van der Waals surface area contributed by atoms with Crippen LogP contribution in [-0.4, -0.2) is 29.8 Å². The van der Waals surface area contributed by atoms with Crippen LogP contribution in [0.3, 0.4) is 0 Å². The second-order valence-electron chi connectivity index (χ2n) is 7.60. The molecule has 2 nitrogen and oxygen atoms in total. The van der Waals surface area contributed by atoms with Crippen LogP contribution in [0.4, 0.5) is 0 Å². The van der Waals surface area contributed by atoms with E-state index in [1.807, 2.05) is 0 Å². The van der Waals surface area contributed by atoms with Crippen molar-refractivity contribution in [2.45, 2.75) is 77.8 Å². The van der Waals surface area contributed by atoms with E-state index in [-0.39, 0.29) is 5.41 Å². The summed E-state index contributed by atoms with van der Waals surface area (Å²) >= 11 is 0. The van der Waals surface area contributed by atoms with Gasteiger partial charge >= 0.3 is 0 Å². The molecule has 104 valence electrons. The van der Waals surface area contributed by atoms with Gasteiger partial charge in [-0.15, -0.1) is 0 Å². The van der Waals surface area contributed by atoms with E-state index >= 15 is 0 Å². The SMILES string of the molecule is CN1C2CCCC1CC(C(=O)CCC(C)(C)C)C2. The lowest BCUT2D eigenvalue weighted by Crippen LogP contribution is -2.51. The summed E-state index contributed by atoms with van der Waals surface area (Å²) in [6, 6.07) is 1.36. The van der Waals surface area contributed by atoms with Gasteiger partial charge in [0.2, 0.25) is 0 Å². The number of hydrogen-bond acceptors (Lipinski definition) is 2. The van der Waals surface area contributed by atoms with Gasteiger partial charge in [0.15, 0.2) is 0 Å². The first-order chi connectivity index (χ1) is 8.37. The summed E-state index contributed by atoms with van der Waals surface area (Å²) < 4.78 is 0. The van der Waals surface area contributed by atoms with Crippen molar-refractivity contribution in [3.8, 4) is 0 Å². The highest BCUT2D eigenvalue weighted by atomic mass is 16.1. The third kappa shape index (κ3) is 3.34. The maximum atomic E-state index is 12.4. The maximum absolute atomic E-state index is 12.4. The van der Waals surface area contributed by atoms with Gasteiger partial charge in [0.05, 0.1) is 0 Å². The van der Waals surface area contributed by atoms with E-state index in [0.717, 1.165) is 25.7 Å². The number of piperidine rings is 2. The predicted molar refractivity (Wildman–Crippen MR) is 75.6 cm³/mol. The second-order valence-corrected chi connectivity index (χ2v) is 7.60. The van der Waals surface area contributed by atoms with Crippen LogP contribution in [0.15, 0.2) is 0 Å². The van der Waals surface area contributed by atoms with Crippen LogP contribution in [0.5, 0.6) is 0 Å². The molecule has 2 aliphatic heterocycles. The standard InChI is InChI=1S/C16H29NO/c1-16(2,3)9-8-15(18)12-10-13-6-5-7-14(11-12)17(13)4/h12-14H,5-11H2,1-4H3. The molecule has 2 saturated heterocycles. The average molecular weight is 251 g/mol. The molecule has 2 fully saturated rings. The number of carbonyl (C=O) groups is 1. The summed E-state index contributed by atoms with van der Waals surface area (Å²) in [5, 5.41) is 0. The molecule has 0 saturated carbocycles. The van der Waals surface area contributed by atoms with Crippen LogP contribution in [0.1, 0.15) is 65.7 Å². The summed E-state index contributed by atoms with van der Waals surface area (Å²) in [5.74, 6) is 0.897. The quantitative estimate of drug-likeness (QED) is 0.763. The first-order valence-electron chi connectivity index (χ1n) is 7.61. The summed E-state index contributed by atoms with van der Waals surface area (Å²) in [7, 11) is 2.25. The van der Waals surface area contributed by atoms with Gasteiger partial charge in [0.1, 0.15) is 5.78 Å². The minimum Gasteiger partial charge on any atom is -0.300 e. The zero-order chi connectivity index (χ0) is 13.3. The van der Waals surface area contributed by atoms with E-state index in [2.05, 4.69) is 32.7 Å². The fourth-order valence-electron chi connectivity index (χ4n) is 3.58. The molecule has 2 heteroatoms. The Kier molecular flexibility index (Phi) is 4.15. The highest BCUT2D eigenvalue weighted by Gasteiger charge is 2.38. The highest BCUT2D eigenvalue weighted by Crippen LogP contribution is 2.37. The Morgan fingerprint density at radius 1 is 1.17 bits per heavy atom. The van der Waals surface area contributed by atoms with E-state index in [4.69, 9.17) is 0 Å². The van der Waals surface area contributed by atoms with Gasteiger partial charge in [-0.25, -0.2) is 0 Å². The van der Waals surface area contributed by atoms with Crippen molar-refractivity contribution in [2.24, 2.45) is 11.3 Å². The molecule has 2 unspecified atom stereocenters. The maximum Gasteiger partial charge on any atom is 0.136 e. The Bertz CT molecular complexity index is 291. The van der Waals surface area contributed by atoms with Crippen LogP contribution in [0, 0.1) is 11.3 Å². The molecule has 2 rings (SSSR count). The van der Waals surface area contributed by atoms with Gasteiger partial charge in [-0.3, -0.25) is 4.79 Å². The predicted octanol–water partition coefficient (Wildman–Crippen LogP) is 3.64. The number of nitrogens with zero attached hydrogens (tertiary/aromatic N) is 1. The molecule has 2 aliphatic rings. The summed E-state index contributed by atoms with van der Waals surface area (Å²) in [5.41, 5.74) is 0.289. The molecule has 18 heavy (non-hydrogen) atoms. The molecular weight excluding hydrogens is 222 g/mol. The van der Waals surface area contributed by atoms with E-state index in [9.17, 15) is 4.79 Å². The lowest BCUT2D eigenvalue weighted by molar-refractivity contribution is -0.127. The van der Waals surface area contributed by atoms with Gasteiger partial charge in [0.25, 0.3) is 0 Å². The molecule has 0 aromatic rings. The number of rotatable bonds is 3. The lowest BCUT2D eigenvalue weighted by Gasteiger charge is -2.46. The van der Waals surface area contributed by atoms with Crippen LogP contribution in [0.2, 0.25) is 0 Å². The minimum atomic E-state index is 0.289. The number of ketones is 1. The minimum absolute atomic E-state index is 0.289. The molecule has 2 heterocycles. The third-order valence-electron chi connectivity index (χ3n) is 4.92.